The molecule has 0 atom stereocenters. The average Bonchev–Trinajstić information content (AvgIpc) is 2.68. The van der Waals surface area contributed by atoms with Crippen molar-refractivity contribution in [3.63, 3.8) is 0 Å². The normalized spacial score (nSPS) is 14.4. The van der Waals surface area contributed by atoms with Crippen molar-refractivity contribution in [3.05, 3.63) is 65.1 Å². The van der Waals surface area contributed by atoms with E-state index in [9.17, 15) is 9.18 Å². The molecule has 0 radical (unpaired) electrons. The number of carbonyl (C=O) groups is 1. The lowest BCUT2D eigenvalue weighted by molar-refractivity contribution is 0.0773. The number of rotatable bonds is 3. The van der Waals surface area contributed by atoms with E-state index in [1.165, 1.54) is 12.1 Å². The van der Waals surface area contributed by atoms with Gasteiger partial charge in [0, 0.05) is 46.9 Å². The molecule has 0 unspecified atom stereocenters. The van der Waals surface area contributed by atoms with Crippen LogP contribution >= 0.6 is 23.4 Å². The molecule has 2 aromatic carbocycles. The van der Waals surface area contributed by atoms with Gasteiger partial charge in [-0.3, -0.25) is 9.78 Å². The average molecular weight is 402 g/mol. The Morgan fingerprint density at radius 1 is 1.19 bits per heavy atom. The fourth-order valence-corrected chi connectivity index (χ4v) is 4.20. The third kappa shape index (κ3) is 3.87. The molecule has 3 aromatic rings. The highest BCUT2D eigenvalue weighted by Gasteiger charge is 2.23. The summed E-state index contributed by atoms with van der Waals surface area (Å²) in [5.41, 5.74) is 2.32. The standard InChI is InChI=1S/C20H17ClFN3OS/c21-13-2-1-3-15(10-13)24-19-16-11-14(22)4-5-18(16)23-12-17(19)20(26)25-6-8-27-9-7-25/h1-5,10-12H,6-9H2,(H,23,24). The summed E-state index contributed by atoms with van der Waals surface area (Å²) in [5, 5.41) is 4.40. The van der Waals surface area contributed by atoms with Crippen molar-refractivity contribution < 1.29 is 9.18 Å². The van der Waals surface area contributed by atoms with Crippen molar-refractivity contribution in [2.24, 2.45) is 0 Å². The number of thioether (sulfide) groups is 1. The van der Waals surface area contributed by atoms with Crippen molar-refractivity contribution in [1.82, 2.24) is 9.88 Å². The number of halogens is 2. The van der Waals surface area contributed by atoms with Crippen molar-refractivity contribution in [2.45, 2.75) is 0 Å². The van der Waals surface area contributed by atoms with E-state index in [0.29, 0.717) is 40.3 Å². The van der Waals surface area contributed by atoms with Gasteiger partial charge < -0.3 is 10.2 Å². The quantitative estimate of drug-likeness (QED) is 0.673. The summed E-state index contributed by atoms with van der Waals surface area (Å²) in [7, 11) is 0. The number of aromatic nitrogens is 1. The van der Waals surface area contributed by atoms with Crippen LogP contribution < -0.4 is 5.32 Å². The lowest BCUT2D eigenvalue weighted by Gasteiger charge is -2.27. The molecule has 1 aliphatic heterocycles. The number of nitrogens with one attached hydrogen (secondary N) is 1. The Morgan fingerprint density at radius 3 is 2.78 bits per heavy atom. The number of anilines is 2. The van der Waals surface area contributed by atoms with Gasteiger partial charge in [0.15, 0.2) is 0 Å². The molecule has 0 aliphatic carbocycles. The Hall–Kier alpha value is -2.31. The Kier molecular flexibility index (Phi) is 5.18. The Labute approximate surface area is 165 Å². The molecule has 7 heteroatoms. The first kappa shape index (κ1) is 18.1. The van der Waals surface area contributed by atoms with Crippen LogP contribution in [0.1, 0.15) is 10.4 Å². The van der Waals surface area contributed by atoms with Gasteiger partial charge in [0.2, 0.25) is 0 Å². The number of amides is 1. The van der Waals surface area contributed by atoms with Gasteiger partial charge in [0.05, 0.1) is 16.8 Å². The number of hydrogen-bond donors (Lipinski definition) is 1. The first-order chi connectivity index (χ1) is 13.1. The molecule has 2 heterocycles. The predicted octanol–water partition coefficient (Wildman–Crippen LogP) is 4.96. The number of carbonyl (C=O) groups excluding carboxylic acids is 1. The number of pyridine rings is 1. The second-order valence-corrected chi connectivity index (χ2v) is 7.91. The smallest absolute Gasteiger partial charge is 0.257 e. The largest absolute Gasteiger partial charge is 0.354 e. The third-order valence-electron chi connectivity index (χ3n) is 4.45. The maximum absolute atomic E-state index is 13.9. The highest BCUT2D eigenvalue weighted by atomic mass is 35.5. The summed E-state index contributed by atoms with van der Waals surface area (Å²) in [6.45, 7) is 1.39. The van der Waals surface area contributed by atoms with Gasteiger partial charge in [-0.1, -0.05) is 17.7 Å². The summed E-state index contributed by atoms with van der Waals surface area (Å²) >= 11 is 7.92. The van der Waals surface area contributed by atoms with Crippen molar-refractivity contribution in [2.75, 3.05) is 29.9 Å². The molecule has 0 spiro atoms. The maximum atomic E-state index is 13.9. The van der Waals surface area contributed by atoms with Gasteiger partial charge in [-0.05, 0) is 36.4 Å². The van der Waals surface area contributed by atoms with E-state index in [2.05, 4.69) is 10.3 Å². The minimum Gasteiger partial charge on any atom is -0.354 e. The van der Waals surface area contributed by atoms with Crippen LogP contribution in [-0.2, 0) is 0 Å². The summed E-state index contributed by atoms with van der Waals surface area (Å²) in [4.78, 5) is 19.3. The molecule has 1 fully saturated rings. The van der Waals surface area contributed by atoms with E-state index in [0.717, 1.165) is 17.2 Å². The second kappa shape index (κ2) is 7.74. The Balaban J connectivity index is 1.83. The van der Waals surface area contributed by atoms with Crippen LogP contribution in [0.25, 0.3) is 10.9 Å². The monoisotopic (exact) mass is 401 g/mol. The van der Waals surface area contributed by atoms with Crippen LogP contribution in [0.5, 0.6) is 0 Å². The van der Waals surface area contributed by atoms with E-state index >= 15 is 0 Å². The SMILES string of the molecule is O=C(c1cnc2ccc(F)cc2c1Nc1cccc(Cl)c1)N1CCSCC1. The molecule has 4 nitrogen and oxygen atoms in total. The van der Waals surface area contributed by atoms with E-state index in [4.69, 9.17) is 11.6 Å². The van der Waals surface area contributed by atoms with Gasteiger partial charge in [-0.15, -0.1) is 0 Å². The molecular weight excluding hydrogens is 385 g/mol. The van der Waals surface area contributed by atoms with Gasteiger partial charge in [-0.2, -0.15) is 11.8 Å². The minimum atomic E-state index is -0.377. The summed E-state index contributed by atoms with van der Waals surface area (Å²) in [5.74, 6) is 1.35. The maximum Gasteiger partial charge on any atom is 0.257 e. The molecule has 1 aliphatic rings. The molecule has 1 saturated heterocycles. The number of hydrogen-bond acceptors (Lipinski definition) is 4. The molecule has 1 amide bonds. The molecule has 0 saturated carbocycles. The Morgan fingerprint density at radius 2 is 2.00 bits per heavy atom. The third-order valence-corrected chi connectivity index (χ3v) is 5.63. The van der Waals surface area contributed by atoms with E-state index in [1.807, 2.05) is 28.8 Å². The molecule has 27 heavy (non-hydrogen) atoms. The molecule has 4 rings (SSSR count). The zero-order valence-electron chi connectivity index (χ0n) is 14.4. The summed E-state index contributed by atoms with van der Waals surface area (Å²) < 4.78 is 13.9. The van der Waals surface area contributed by atoms with Crippen molar-refractivity contribution in [3.8, 4) is 0 Å². The number of benzene rings is 2. The van der Waals surface area contributed by atoms with E-state index < -0.39 is 0 Å². The van der Waals surface area contributed by atoms with E-state index in [1.54, 1.807) is 24.4 Å². The topological polar surface area (TPSA) is 45.2 Å². The first-order valence-corrected chi connectivity index (χ1v) is 10.1. The van der Waals surface area contributed by atoms with Gasteiger partial charge in [0.1, 0.15) is 5.82 Å². The number of fused-ring (bicyclic) bond motifs is 1. The fourth-order valence-electron chi connectivity index (χ4n) is 3.11. The van der Waals surface area contributed by atoms with Crippen molar-refractivity contribution >= 4 is 51.5 Å². The van der Waals surface area contributed by atoms with Crippen LogP contribution in [0.3, 0.4) is 0 Å². The zero-order valence-corrected chi connectivity index (χ0v) is 16.0. The molecule has 1 N–H and O–H groups in total. The van der Waals surface area contributed by atoms with Crippen LogP contribution in [-0.4, -0.2) is 40.4 Å². The highest BCUT2D eigenvalue weighted by molar-refractivity contribution is 7.99. The van der Waals surface area contributed by atoms with Gasteiger partial charge in [-0.25, -0.2) is 4.39 Å². The van der Waals surface area contributed by atoms with Crippen molar-refractivity contribution in [1.29, 1.82) is 0 Å². The summed E-state index contributed by atoms with van der Waals surface area (Å²) in [6.07, 6.45) is 1.57. The zero-order chi connectivity index (χ0) is 18.8. The van der Waals surface area contributed by atoms with Gasteiger partial charge in [0.25, 0.3) is 5.91 Å². The van der Waals surface area contributed by atoms with Crippen LogP contribution in [0.15, 0.2) is 48.7 Å². The number of nitrogens with zero attached hydrogens (tertiary/aromatic N) is 2. The molecule has 0 bridgehead atoms. The summed E-state index contributed by atoms with van der Waals surface area (Å²) in [6, 6.07) is 11.6. The van der Waals surface area contributed by atoms with Crippen LogP contribution in [0, 0.1) is 5.82 Å². The second-order valence-electron chi connectivity index (χ2n) is 6.25. The van der Waals surface area contributed by atoms with Crippen LogP contribution in [0.2, 0.25) is 5.02 Å². The first-order valence-electron chi connectivity index (χ1n) is 8.60. The lowest BCUT2D eigenvalue weighted by atomic mass is 10.1. The molecule has 1 aromatic heterocycles. The predicted molar refractivity (Wildman–Crippen MR) is 110 cm³/mol. The fraction of sp³-hybridized carbons (Fsp3) is 0.200. The lowest BCUT2D eigenvalue weighted by Crippen LogP contribution is -2.38. The van der Waals surface area contributed by atoms with E-state index in [-0.39, 0.29) is 11.7 Å². The highest BCUT2D eigenvalue weighted by Crippen LogP contribution is 2.31. The Bertz CT molecular complexity index is 1010. The molecular formula is C20H17ClFN3OS. The van der Waals surface area contributed by atoms with Gasteiger partial charge >= 0.3 is 0 Å². The van der Waals surface area contributed by atoms with Crippen LogP contribution in [0.4, 0.5) is 15.8 Å². The molecule has 138 valence electrons. The minimum absolute atomic E-state index is 0.0986.